The smallest absolute Gasteiger partial charge is 0.338 e. The van der Waals surface area contributed by atoms with Crippen molar-refractivity contribution in [2.24, 2.45) is 39.9 Å². The first-order valence-electron chi connectivity index (χ1n) is 13.3. The lowest BCUT2D eigenvalue weighted by Crippen LogP contribution is -2.69. The van der Waals surface area contributed by atoms with E-state index in [0.29, 0.717) is 35.8 Å². The minimum Gasteiger partial charge on any atom is -0.458 e. The number of benzene rings is 1. The molecule has 0 radical (unpaired) electrons. The highest BCUT2D eigenvalue weighted by atomic mass is 16.6. The lowest BCUT2D eigenvalue weighted by molar-refractivity contribution is -0.234. The van der Waals surface area contributed by atoms with Gasteiger partial charge in [0.1, 0.15) is 12.2 Å². The highest BCUT2D eigenvalue weighted by molar-refractivity contribution is 5.89. The van der Waals surface area contributed by atoms with Crippen molar-refractivity contribution in [3.05, 3.63) is 48.0 Å². The summed E-state index contributed by atoms with van der Waals surface area (Å²) in [5.74, 6) is 0.716. The van der Waals surface area contributed by atoms with Gasteiger partial charge in [-0.15, -0.1) is 0 Å². The Morgan fingerprint density at radius 2 is 1.91 bits per heavy atom. The minimum absolute atomic E-state index is 0.000253. The molecule has 10 rings (SSSR count). The summed E-state index contributed by atoms with van der Waals surface area (Å²) < 4.78 is 12.5. The van der Waals surface area contributed by atoms with E-state index in [1.54, 1.807) is 12.1 Å². The lowest BCUT2D eigenvalue weighted by Gasteiger charge is -2.66. The molecular weight excluding hydrogens is 442 g/mol. The number of fused-ring (bicyclic) bond motifs is 1. The van der Waals surface area contributed by atoms with Gasteiger partial charge in [0.15, 0.2) is 0 Å². The Morgan fingerprint density at radius 3 is 2.66 bits per heavy atom. The van der Waals surface area contributed by atoms with Gasteiger partial charge in [0.05, 0.1) is 11.7 Å². The van der Waals surface area contributed by atoms with E-state index in [4.69, 9.17) is 9.47 Å². The monoisotopic (exact) mass is 475 g/mol. The number of aliphatic hydroxyl groups is 1. The summed E-state index contributed by atoms with van der Waals surface area (Å²) in [6, 6.07) is 9.79. The van der Waals surface area contributed by atoms with E-state index in [2.05, 4.69) is 18.4 Å². The van der Waals surface area contributed by atoms with Crippen molar-refractivity contribution in [1.82, 2.24) is 4.90 Å². The zero-order valence-corrected chi connectivity index (χ0v) is 20.4. The summed E-state index contributed by atoms with van der Waals surface area (Å²) in [6.45, 7) is 9.18. The molecular formula is C29H33NO5. The van der Waals surface area contributed by atoms with Crippen LogP contribution in [0.3, 0.4) is 0 Å². The van der Waals surface area contributed by atoms with Crippen LogP contribution in [0.1, 0.15) is 49.9 Å². The van der Waals surface area contributed by atoms with Crippen LogP contribution in [0.25, 0.3) is 0 Å². The molecule has 0 amide bonds. The molecule has 9 aliphatic rings. The summed E-state index contributed by atoms with van der Waals surface area (Å²) in [7, 11) is 0. The van der Waals surface area contributed by atoms with Gasteiger partial charge in [0.25, 0.3) is 0 Å². The summed E-state index contributed by atoms with van der Waals surface area (Å²) in [4.78, 5) is 28.6. The maximum Gasteiger partial charge on any atom is 0.338 e. The fourth-order valence-corrected chi connectivity index (χ4v) is 11.6. The fraction of sp³-hybridized carbons (Fsp3) is 0.655. The standard InChI is InChI=1S/C29H33NO5/c1-14-17-9-18-23-29-21(10-17)28(18,24(14)32)11-19-22(29)27(3,13-30(19)23)12-20(25(29)34-15(2)31)35-26(33)16-7-5-4-6-8-16/h4-8,17-25,32H,1,9-13H2,2-3H3. The molecule has 1 N–H and O–H groups in total. The second-order valence-corrected chi connectivity index (χ2v) is 13.0. The normalized spacial score (nSPS) is 55.3. The lowest BCUT2D eigenvalue weighted by atomic mass is 9.39. The average Bonchev–Trinajstić information content (AvgIpc) is 3.24. The first-order valence-corrected chi connectivity index (χ1v) is 13.3. The minimum atomic E-state index is -0.482. The Labute approximate surface area is 205 Å². The van der Waals surface area contributed by atoms with E-state index in [-0.39, 0.29) is 40.1 Å². The van der Waals surface area contributed by atoms with Gasteiger partial charge < -0.3 is 14.6 Å². The second kappa shape index (κ2) is 6.20. The van der Waals surface area contributed by atoms with E-state index in [1.165, 1.54) is 6.92 Å². The van der Waals surface area contributed by atoms with Crippen LogP contribution in [0.5, 0.6) is 0 Å². The number of piperidine rings is 2. The van der Waals surface area contributed by atoms with E-state index in [1.807, 2.05) is 18.2 Å². The third-order valence-corrected chi connectivity index (χ3v) is 11.9. The maximum absolute atomic E-state index is 13.2. The van der Waals surface area contributed by atoms with Crippen LogP contribution in [0, 0.1) is 39.9 Å². The number of esters is 2. The summed E-state index contributed by atoms with van der Waals surface area (Å²) in [5.41, 5.74) is 1.09. The number of hydrogen-bond acceptors (Lipinski definition) is 6. The molecule has 184 valence electrons. The zero-order chi connectivity index (χ0) is 24.1. The molecule has 3 aliphatic heterocycles. The predicted octanol–water partition coefficient (Wildman–Crippen LogP) is 3.20. The molecule has 13 unspecified atom stereocenters. The molecule has 6 aliphatic carbocycles. The number of carbonyl (C=O) groups is 2. The number of carbonyl (C=O) groups excluding carboxylic acids is 2. The van der Waals surface area contributed by atoms with E-state index in [0.717, 1.165) is 31.4 Å². The van der Waals surface area contributed by atoms with Crippen LogP contribution in [0.2, 0.25) is 0 Å². The van der Waals surface area contributed by atoms with Crippen LogP contribution in [0.4, 0.5) is 0 Å². The quantitative estimate of drug-likeness (QED) is 0.535. The number of ether oxygens (including phenoxy) is 2. The summed E-state index contributed by atoms with van der Waals surface area (Å²) >= 11 is 0. The molecule has 2 spiro atoms. The average molecular weight is 476 g/mol. The Balaban J connectivity index is 1.29. The third-order valence-electron chi connectivity index (χ3n) is 11.9. The number of rotatable bonds is 3. The molecule has 0 aromatic heterocycles. The van der Waals surface area contributed by atoms with Crippen LogP contribution < -0.4 is 0 Å². The van der Waals surface area contributed by atoms with Crippen molar-refractivity contribution in [1.29, 1.82) is 0 Å². The maximum atomic E-state index is 13.2. The predicted molar refractivity (Wildman–Crippen MR) is 126 cm³/mol. The summed E-state index contributed by atoms with van der Waals surface area (Å²) in [6.07, 6.45) is 2.38. The molecule has 6 nitrogen and oxygen atoms in total. The molecule has 3 heterocycles. The molecule has 9 bridgehead atoms. The van der Waals surface area contributed by atoms with E-state index >= 15 is 0 Å². The van der Waals surface area contributed by atoms with Crippen LogP contribution in [0.15, 0.2) is 42.5 Å². The van der Waals surface area contributed by atoms with E-state index in [9.17, 15) is 14.7 Å². The van der Waals surface area contributed by atoms with Crippen molar-refractivity contribution in [3.8, 4) is 0 Å². The highest BCUT2D eigenvalue weighted by Gasteiger charge is 2.91. The second-order valence-electron chi connectivity index (χ2n) is 13.0. The van der Waals surface area contributed by atoms with Crippen LogP contribution in [-0.2, 0) is 14.3 Å². The Morgan fingerprint density at radius 1 is 1.14 bits per heavy atom. The van der Waals surface area contributed by atoms with Gasteiger partial charge in [-0.05, 0) is 72.5 Å². The van der Waals surface area contributed by atoms with Crippen molar-refractivity contribution >= 4 is 11.9 Å². The molecule has 9 fully saturated rings. The zero-order valence-electron chi connectivity index (χ0n) is 20.4. The molecule has 1 aromatic rings. The molecule has 35 heavy (non-hydrogen) atoms. The van der Waals surface area contributed by atoms with Crippen molar-refractivity contribution in [3.63, 3.8) is 0 Å². The first kappa shape index (κ1) is 21.0. The molecule has 3 saturated heterocycles. The molecule has 1 aromatic carbocycles. The fourth-order valence-electron chi connectivity index (χ4n) is 11.6. The van der Waals surface area contributed by atoms with Crippen LogP contribution in [-0.4, -0.2) is 58.9 Å². The van der Waals surface area contributed by atoms with Gasteiger partial charge in [-0.2, -0.15) is 0 Å². The van der Waals surface area contributed by atoms with Crippen molar-refractivity contribution in [2.75, 3.05) is 6.54 Å². The molecule has 6 heteroatoms. The molecule has 13 atom stereocenters. The topological polar surface area (TPSA) is 76.1 Å². The number of aliphatic hydroxyl groups excluding tert-OH is 1. The largest absolute Gasteiger partial charge is 0.458 e. The van der Waals surface area contributed by atoms with Crippen molar-refractivity contribution in [2.45, 2.75) is 69.9 Å². The van der Waals surface area contributed by atoms with Crippen LogP contribution >= 0.6 is 0 Å². The van der Waals surface area contributed by atoms with Gasteiger partial charge >= 0.3 is 11.9 Å². The van der Waals surface area contributed by atoms with Crippen molar-refractivity contribution < 1.29 is 24.2 Å². The third kappa shape index (κ3) is 2.07. The Hall–Kier alpha value is -2.18. The van der Waals surface area contributed by atoms with E-state index < -0.39 is 18.3 Å². The van der Waals surface area contributed by atoms with Gasteiger partial charge in [0.2, 0.25) is 0 Å². The van der Waals surface area contributed by atoms with Gasteiger partial charge in [-0.1, -0.05) is 31.7 Å². The Bertz CT molecular complexity index is 1180. The molecule has 6 saturated carbocycles. The van der Waals surface area contributed by atoms with Gasteiger partial charge in [-0.3, -0.25) is 9.69 Å². The number of hydrogen-bond donors (Lipinski definition) is 1. The SMILES string of the molecule is C=C1C2CC3C4N5CC6(C)CC(OC(=O)c7ccccc7)C(OC(C)=O)C47C6C5CC3(C1O)C7C2. The Kier molecular flexibility index (Phi) is 3.71. The first-order chi connectivity index (χ1) is 16.7. The number of nitrogens with zero attached hydrogens (tertiary/aromatic N) is 1. The van der Waals surface area contributed by atoms with Gasteiger partial charge in [-0.25, -0.2) is 4.79 Å². The van der Waals surface area contributed by atoms with Gasteiger partial charge in [0, 0.05) is 36.4 Å². The summed E-state index contributed by atoms with van der Waals surface area (Å²) in [5, 5.41) is 11.7. The highest BCUT2D eigenvalue weighted by Crippen LogP contribution is 2.87.